The number of ether oxygens (including phenoxy) is 3. The number of hydrogen-bond donors (Lipinski definition) is 0. The van der Waals surface area contributed by atoms with Crippen LogP contribution in [0.2, 0.25) is 0 Å². The van der Waals surface area contributed by atoms with Crippen LogP contribution in [-0.4, -0.2) is 32.1 Å². The molecule has 0 saturated carbocycles. The summed E-state index contributed by atoms with van der Waals surface area (Å²) in [7, 11) is 0. The summed E-state index contributed by atoms with van der Waals surface area (Å²) in [5, 5.41) is 0. The van der Waals surface area contributed by atoms with Gasteiger partial charge in [-0.2, -0.15) is 0 Å². The van der Waals surface area contributed by atoms with E-state index in [1.165, 1.54) is 0 Å². The summed E-state index contributed by atoms with van der Waals surface area (Å²) in [6.45, 7) is 10.4. The highest BCUT2D eigenvalue weighted by Crippen LogP contribution is 2.06. The van der Waals surface area contributed by atoms with Gasteiger partial charge in [-0.25, -0.2) is 4.79 Å². The van der Waals surface area contributed by atoms with E-state index in [0.29, 0.717) is 18.8 Å². The molecular formula is C12H22O4. The van der Waals surface area contributed by atoms with Crippen molar-refractivity contribution >= 4 is 5.97 Å². The van der Waals surface area contributed by atoms with Gasteiger partial charge in [-0.1, -0.05) is 19.9 Å². The number of carbonyl (C=O) groups is 1. The number of esters is 1. The number of carbonyl (C=O) groups excluding carboxylic acids is 1. The monoisotopic (exact) mass is 230 g/mol. The second-order valence-electron chi connectivity index (χ2n) is 3.31. The molecule has 0 radical (unpaired) electrons. The Morgan fingerprint density at radius 2 is 1.88 bits per heavy atom. The van der Waals surface area contributed by atoms with Crippen molar-refractivity contribution in [3.05, 3.63) is 12.2 Å². The van der Waals surface area contributed by atoms with Gasteiger partial charge < -0.3 is 14.2 Å². The Labute approximate surface area is 97.6 Å². The molecule has 0 aliphatic rings. The van der Waals surface area contributed by atoms with Gasteiger partial charge in [0.05, 0.1) is 18.8 Å². The molecule has 0 bridgehead atoms. The van der Waals surface area contributed by atoms with E-state index in [-0.39, 0.29) is 12.9 Å². The minimum absolute atomic E-state index is 0.156. The van der Waals surface area contributed by atoms with E-state index in [9.17, 15) is 4.79 Å². The quantitative estimate of drug-likeness (QED) is 0.346. The Balaban J connectivity index is 3.89. The molecule has 0 rings (SSSR count). The molecule has 4 nitrogen and oxygen atoms in total. The van der Waals surface area contributed by atoms with E-state index in [4.69, 9.17) is 14.2 Å². The Kier molecular flexibility index (Phi) is 8.85. The molecule has 0 N–H and O–H groups in total. The van der Waals surface area contributed by atoms with Crippen LogP contribution >= 0.6 is 0 Å². The van der Waals surface area contributed by atoms with E-state index in [1.54, 1.807) is 6.92 Å². The zero-order chi connectivity index (χ0) is 12.4. The van der Waals surface area contributed by atoms with Crippen LogP contribution in [0.1, 0.15) is 33.6 Å². The number of hydrogen-bond acceptors (Lipinski definition) is 4. The van der Waals surface area contributed by atoms with Crippen LogP contribution in [0.5, 0.6) is 0 Å². The predicted octanol–water partition coefficient (Wildman–Crippen LogP) is 2.29. The lowest BCUT2D eigenvalue weighted by Gasteiger charge is -2.17. The molecule has 0 spiro atoms. The van der Waals surface area contributed by atoms with Gasteiger partial charge in [-0.05, 0) is 20.3 Å². The molecule has 0 amide bonds. The van der Waals surface area contributed by atoms with Gasteiger partial charge >= 0.3 is 5.97 Å². The fraction of sp³-hybridized carbons (Fsp3) is 0.750. The van der Waals surface area contributed by atoms with Gasteiger partial charge in [-0.15, -0.1) is 0 Å². The van der Waals surface area contributed by atoms with Crippen molar-refractivity contribution in [3.8, 4) is 0 Å². The van der Waals surface area contributed by atoms with Crippen molar-refractivity contribution in [2.24, 2.45) is 0 Å². The van der Waals surface area contributed by atoms with Crippen molar-refractivity contribution in [2.75, 3.05) is 19.8 Å². The molecule has 0 saturated heterocycles. The van der Waals surface area contributed by atoms with Crippen LogP contribution in [-0.2, 0) is 19.0 Å². The first-order chi connectivity index (χ1) is 7.65. The smallest absolute Gasteiger partial charge is 0.335 e. The Morgan fingerprint density at radius 1 is 1.19 bits per heavy atom. The van der Waals surface area contributed by atoms with Crippen molar-refractivity contribution < 1.29 is 19.0 Å². The Bertz CT molecular complexity index is 207. The highest BCUT2D eigenvalue weighted by molar-refractivity contribution is 5.87. The maximum Gasteiger partial charge on any atom is 0.335 e. The number of rotatable bonds is 9. The van der Waals surface area contributed by atoms with Crippen LogP contribution in [0.4, 0.5) is 0 Å². The summed E-state index contributed by atoms with van der Waals surface area (Å²) in [5.74, 6) is -0.408. The van der Waals surface area contributed by atoms with Gasteiger partial charge in [0.15, 0.2) is 6.29 Å². The molecule has 1 atom stereocenters. The first-order valence-corrected chi connectivity index (χ1v) is 5.73. The zero-order valence-corrected chi connectivity index (χ0v) is 10.5. The third-order valence-corrected chi connectivity index (χ3v) is 1.88. The minimum Gasteiger partial charge on any atom is -0.463 e. The van der Waals surface area contributed by atoms with E-state index < -0.39 is 5.97 Å². The molecule has 0 heterocycles. The predicted molar refractivity (Wildman–Crippen MR) is 62.0 cm³/mol. The van der Waals surface area contributed by atoms with Crippen LogP contribution in [0.25, 0.3) is 0 Å². The summed E-state index contributed by atoms with van der Waals surface area (Å²) in [6.07, 6.45) is 1.52. The Hall–Kier alpha value is -0.870. The largest absolute Gasteiger partial charge is 0.463 e. The molecule has 0 aromatic rings. The summed E-state index contributed by atoms with van der Waals surface area (Å²) < 4.78 is 15.6. The molecule has 16 heavy (non-hydrogen) atoms. The molecule has 0 aromatic carbocycles. The fourth-order valence-electron chi connectivity index (χ4n) is 1.12. The van der Waals surface area contributed by atoms with Crippen LogP contribution < -0.4 is 0 Å². The van der Waals surface area contributed by atoms with Crippen LogP contribution in [0.3, 0.4) is 0 Å². The van der Waals surface area contributed by atoms with E-state index in [2.05, 4.69) is 13.5 Å². The van der Waals surface area contributed by atoms with Gasteiger partial charge in [0.25, 0.3) is 0 Å². The standard InChI is InChI=1S/C12H22O4/c1-5-8-11(14-6-2)16-9-10(4)12(13)15-7-3/h11H,4-9H2,1-3H3. The van der Waals surface area contributed by atoms with Crippen molar-refractivity contribution in [3.63, 3.8) is 0 Å². The first-order valence-electron chi connectivity index (χ1n) is 5.73. The van der Waals surface area contributed by atoms with Crippen molar-refractivity contribution in [2.45, 2.75) is 39.9 Å². The molecule has 4 heteroatoms. The molecule has 0 fully saturated rings. The topological polar surface area (TPSA) is 44.8 Å². The maximum atomic E-state index is 11.2. The molecule has 0 aliphatic carbocycles. The van der Waals surface area contributed by atoms with Crippen LogP contribution in [0, 0.1) is 0 Å². The summed E-state index contributed by atoms with van der Waals surface area (Å²) in [4.78, 5) is 11.2. The SMILES string of the molecule is C=C(COC(CCC)OCC)C(=O)OCC. The maximum absolute atomic E-state index is 11.2. The Morgan fingerprint density at radius 3 is 2.38 bits per heavy atom. The van der Waals surface area contributed by atoms with E-state index in [0.717, 1.165) is 12.8 Å². The van der Waals surface area contributed by atoms with E-state index in [1.807, 2.05) is 6.92 Å². The highest BCUT2D eigenvalue weighted by atomic mass is 16.7. The zero-order valence-electron chi connectivity index (χ0n) is 10.5. The average molecular weight is 230 g/mol. The van der Waals surface area contributed by atoms with E-state index >= 15 is 0 Å². The molecular weight excluding hydrogens is 208 g/mol. The molecule has 0 aromatic heterocycles. The molecule has 94 valence electrons. The minimum atomic E-state index is -0.408. The van der Waals surface area contributed by atoms with Crippen LogP contribution in [0.15, 0.2) is 12.2 Å². The molecule has 0 aliphatic heterocycles. The lowest BCUT2D eigenvalue weighted by atomic mass is 10.3. The lowest BCUT2D eigenvalue weighted by Crippen LogP contribution is -2.21. The summed E-state index contributed by atoms with van der Waals surface area (Å²) in [5.41, 5.74) is 0.322. The fourth-order valence-corrected chi connectivity index (χ4v) is 1.12. The second-order valence-corrected chi connectivity index (χ2v) is 3.31. The second kappa shape index (κ2) is 9.36. The summed E-state index contributed by atoms with van der Waals surface area (Å²) >= 11 is 0. The third-order valence-electron chi connectivity index (χ3n) is 1.88. The normalized spacial score (nSPS) is 12.2. The van der Waals surface area contributed by atoms with Gasteiger partial charge in [0.1, 0.15) is 0 Å². The highest BCUT2D eigenvalue weighted by Gasteiger charge is 2.12. The third kappa shape index (κ3) is 6.58. The summed E-state index contributed by atoms with van der Waals surface area (Å²) in [6, 6.07) is 0. The van der Waals surface area contributed by atoms with Crippen molar-refractivity contribution in [1.29, 1.82) is 0 Å². The van der Waals surface area contributed by atoms with Crippen molar-refractivity contribution in [1.82, 2.24) is 0 Å². The van der Waals surface area contributed by atoms with Gasteiger partial charge in [0, 0.05) is 6.61 Å². The van der Waals surface area contributed by atoms with Gasteiger partial charge in [-0.3, -0.25) is 0 Å². The van der Waals surface area contributed by atoms with Gasteiger partial charge in [0.2, 0.25) is 0 Å². The average Bonchev–Trinajstić information content (AvgIpc) is 2.26. The first kappa shape index (κ1) is 15.1. The molecule has 1 unspecified atom stereocenters. The lowest BCUT2D eigenvalue weighted by molar-refractivity contribution is -0.147.